The van der Waals surface area contributed by atoms with Gasteiger partial charge in [0, 0.05) is 47.2 Å². The maximum Gasteiger partial charge on any atom is 0.410 e. The Balaban J connectivity index is 1.29. The number of amides is 5. The molecule has 1 heterocycles. The molecule has 5 rings (SSSR count). The first-order chi connectivity index (χ1) is 34.9. The second kappa shape index (κ2) is 25.9. The molecule has 74 heavy (non-hydrogen) atoms. The molecule has 15 nitrogen and oxygen atoms in total. The summed E-state index contributed by atoms with van der Waals surface area (Å²) in [6, 6.07) is 21.4. The number of carbonyl (C=O) groups excluding carboxylic acids is 6. The van der Waals surface area contributed by atoms with Crippen LogP contribution in [-0.2, 0) is 49.3 Å². The first-order valence-corrected chi connectivity index (χ1v) is 26.2. The Bertz CT molecular complexity index is 2390. The Labute approximate surface area is 440 Å². The summed E-state index contributed by atoms with van der Waals surface area (Å²) in [6.07, 6.45) is -1.08. The largest absolute Gasteiger partial charge is 0.458 e. The van der Waals surface area contributed by atoms with Crippen molar-refractivity contribution < 1.29 is 47.7 Å². The highest BCUT2D eigenvalue weighted by atomic mass is 16.6. The van der Waals surface area contributed by atoms with Crippen LogP contribution in [0.25, 0.3) is 11.1 Å². The number of nitrogens with one attached hydrogen (secondary N) is 2. The van der Waals surface area contributed by atoms with Gasteiger partial charge in [0.05, 0.1) is 36.6 Å². The van der Waals surface area contributed by atoms with Crippen LogP contribution in [0.4, 0.5) is 4.79 Å². The second-order valence-corrected chi connectivity index (χ2v) is 22.0. The summed E-state index contributed by atoms with van der Waals surface area (Å²) in [5.74, 6) is -3.96. The van der Waals surface area contributed by atoms with Gasteiger partial charge in [0.25, 0.3) is 0 Å². The van der Waals surface area contributed by atoms with Crippen molar-refractivity contribution in [2.24, 2.45) is 23.7 Å². The minimum absolute atomic E-state index is 0.0887. The molecule has 9 atom stereocenters. The molecule has 2 aliphatic rings. The molecule has 2 N–H and O–H groups in total. The molecular formula is C59H83N5O10. The van der Waals surface area contributed by atoms with Gasteiger partial charge in [-0.1, -0.05) is 146 Å². The number of rotatable bonds is 23. The van der Waals surface area contributed by atoms with Crippen molar-refractivity contribution in [3.8, 4) is 11.1 Å². The van der Waals surface area contributed by atoms with Gasteiger partial charge >= 0.3 is 12.1 Å². The third-order valence-corrected chi connectivity index (χ3v) is 14.7. The number of methoxy groups -OCH3 is 2. The molecular weight excluding hydrogens is 939 g/mol. The molecule has 1 aliphatic heterocycles. The van der Waals surface area contributed by atoms with Gasteiger partial charge in [-0.3, -0.25) is 24.1 Å². The topological polar surface area (TPSA) is 173 Å². The van der Waals surface area contributed by atoms with Crippen LogP contribution in [-0.4, -0.2) is 140 Å². The number of fused-ring (bicyclic) bond motifs is 3. The molecule has 3 aromatic rings. The third-order valence-electron chi connectivity index (χ3n) is 14.7. The summed E-state index contributed by atoms with van der Waals surface area (Å²) in [5.41, 5.74) is 5.21. The van der Waals surface area contributed by atoms with Gasteiger partial charge < -0.3 is 39.4 Å². The fourth-order valence-electron chi connectivity index (χ4n) is 10.7. The smallest absolute Gasteiger partial charge is 0.410 e. The van der Waals surface area contributed by atoms with Crippen LogP contribution in [0.3, 0.4) is 0 Å². The Morgan fingerprint density at radius 1 is 0.770 bits per heavy atom. The van der Waals surface area contributed by atoms with Crippen molar-refractivity contribution in [2.75, 3.05) is 41.5 Å². The van der Waals surface area contributed by atoms with E-state index in [0.29, 0.717) is 12.8 Å². The number of benzene rings is 3. The van der Waals surface area contributed by atoms with E-state index in [1.165, 1.54) is 19.1 Å². The number of ether oxygens (including phenoxy) is 4. The van der Waals surface area contributed by atoms with E-state index in [4.69, 9.17) is 18.9 Å². The predicted octanol–water partition coefficient (Wildman–Crippen LogP) is 8.19. The van der Waals surface area contributed by atoms with Crippen molar-refractivity contribution in [1.29, 1.82) is 0 Å². The lowest BCUT2D eigenvalue weighted by Crippen LogP contribution is -2.60. The van der Waals surface area contributed by atoms with Crippen molar-refractivity contribution in [1.82, 2.24) is 25.3 Å². The highest BCUT2D eigenvalue weighted by molar-refractivity contribution is 5.92. The average molecular weight is 1020 g/mol. The van der Waals surface area contributed by atoms with Crippen LogP contribution >= 0.6 is 0 Å². The van der Waals surface area contributed by atoms with Crippen LogP contribution in [0.2, 0.25) is 0 Å². The molecule has 0 bridgehead atoms. The first-order valence-electron chi connectivity index (χ1n) is 26.2. The van der Waals surface area contributed by atoms with E-state index in [2.05, 4.69) is 29.3 Å². The van der Waals surface area contributed by atoms with E-state index in [9.17, 15) is 28.8 Å². The van der Waals surface area contributed by atoms with Crippen LogP contribution in [0.15, 0.2) is 91.0 Å². The lowest BCUT2D eigenvalue weighted by molar-refractivity contribution is -0.159. The Hall–Kier alpha value is -6.06. The summed E-state index contributed by atoms with van der Waals surface area (Å²) in [4.78, 5) is 89.8. The highest BCUT2D eigenvalue weighted by Crippen LogP contribution is 2.44. The number of carbonyl (C=O) groups is 6. The van der Waals surface area contributed by atoms with Gasteiger partial charge in [0.15, 0.2) is 0 Å². The van der Waals surface area contributed by atoms with E-state index in [1.807, 2.05) is 108 Å². The predicted molar refractivity (Wildman–Crippen MR) is 287 cm³/mol. The number of likely N-dealkylation sites (N-methyl/N-ethyl adjacent to an activating group) is 2. The standard InChI is InChI=1S/C59H83N5O10/c1-16-38(7)52(48(71-14)32-49(65)64-33-37(6)30-47(64)53(72-15)39(8)54(66)60-46(57(69)74-59(9,10)11)31-40-24-18-17-19-25-40)62(12)56(68)50(35(2)3)61-55(67)51(36(4)5)63(13)58(70)73-34-45-43-28-22-20-26-41(43)42-27-21-23-29-44(42)45/h17-29,35-36,38-39,45-48,50-53H,6,16,30-34H2,1-5,7-15H3,(H,60,66)(H,61,67)/t38-,39+,46-,47-,48+,50-,51-,52-,53+/m0/s1. The molecule has 0 saturated carbocycles. The molecule has 0 aromatic heterocycles. The van der Waals surface area contributed by atoms with E-state index in [0.717, 1.165) is 33.4 Å². The van der Waals surface area contributed by atoms with E-state index < -0.39 is 77.8 Å². The number of hydrogen-bond donors (Lipinski definition) is 2. The number of likely N-dealkylation sites (tertiary alicyclic amines) is 1. The third kappa shape index (κ3) is 14.2. The molecule has 0 radical (unpaired) electrons. The quantitative estimate of drug-likeness (QED) is 0.0697. The zero-order valence-electron chi connectivity index (χ0n) is 46.3. The summed E-state index contributed by atoms with van der Waals surface area (Å²) in [7, 11) is 6.23. The molecule has 0 unspecified atom stereocenters. The molecule has 15 heteroatoms. The lowest BCUT2D eigenvalue weighted by atomic mass is 9.89. The van der Waals surface area contributed by atoms with Crippen molar-refractivity contribution >= 4 is 35.7 Å². The molecule has 1 aliphatic carbocycles. The lowest BCUT2D eigenvalue weighted by Gasteiger charge is -2.41. The summed E-state index contributed by atoms with van der Waals surface area (Å²) in [5, 5.41) is 5.93. The molecule has 5 amide bonds. The van der Waals surface area contributed by atoms with Gasteiger partial charge in [-0.15, -0.1) is 0 Å². The monoisotopic (exact) mass is 1020 g/mol. The van der Waals surface area contributed by atoms with Gasteiger partial charge in [-0.2, -0.15) is 0 Å². The van der Waals surface area contributed by atoms with Gasteiger partial charge in [0.1, 0.15) is 30.3 Å². The minimum Gasteiger partial charge on any atom is -0.458 e. The maximum atomic E-state index is 14.8. The van der Waals surface area contributed by atoms with Crippen molar-refractivity contribution in [3.05, 3.63) is 108 Å². The minimum atomic E-state index is -0.992. The molecule has 3 aromatic carbocycles. The summed E-state index contributed by atoms with van der Waals surface area (Å²) < 4.78 is 23.8. The second-order valence-electron chi connectivity index (χ2n) is 22.0. The Morgan fingerprint density at radius 2 is 1.35 bits per heavy atom. The van der Waals surface area contributed by atoms with Crippen LogP contribution in [0, 0.1) is 23.7 Å². The van der Waals surface area contributed by atoms with Crippen LogP contribution in [0.1, 0.15) is 111 Å². The Kier molecular flexibility index (Phi) is 20.6. The normalized spacial score (nSPS) is 17.8. The number of hydrogen-bond acceptors (Lipinski definition) is 10. The van der Waals surface area contributed by atoms with Crippen molar-refractivity contribution in [3.63, 3.8) is 0 Å². The highest BCUT2D eigenvalue weighted by Gasteiger charge is 2.45. The molecule has 0 spiro atoms. The van der Waals surface area contributed by atoms with E-state index >= 15 is 0 Å². The fourth-order valence-corrected chi connectivity index (χ4v) is 10.7. The van der Waals surface area contributed by atoms with E-state index in [-0.39, 0.29) is 61.5 Å². The van der Waals surface area contributed by atoms with Gasteiger partial charge in [0.2, 0.25) is 23.6 Å². The van der Waals surface area contributed by atoms with Crippen LogP contribution < -0.4 is 10.6 Å². The molecule has 404 valence electrons. The van der Waals surface area contributed by atoms with Crippen LogP contribution in [0.5, 0.6) is 0 Å². The van der Waals surface area contributed by atoms with Gasteiger partial charge in [-0.05, 0) is 72.8 Å². The summed E-state index contributed by atoms with van der Waals surface area (Å²) >= 11 is 0. The zero-order chi connectivity index (χ0) is 54.8. The van der Waals surface area contributed by atoms with Gasteiger partial charge in [-0.25, -0.2) is 9.59 Å². The Morgan fingerprint density at radius 3 is 1.88 bits per heavy atom. The maximum absolute atomic E-state index is 14.8. The molecule has 1 saturated heterocycles. The zero-order valence-corrected chi connectivity index (χ0v) is 46.3. The summed E-state index contributed by atoms with van der Waals surface area (Å²) in [6.45, 7) is 22.9. The number of esters is 1. The van der Waals surface area contributed by atoms with E-state index in [1.54, 1.807) is 51.6 Å². The first kappa shape index (κ1) is 58.8. The van der Waals surface area contributed by atoms with Crippen molar-refractivity contribution in [2.45, 2.75) is 149 Å². The number of nitrogens with zero attached hydrogens (tertiary/aromatic N) is 3. The fraction of sp³-hybridized carbons (Fsp3) is 0.559. The SMILES string of the molecule is C=C1C[C@@H]([C@H](OC)[C@@H](C)C(=O)N[C@@H](Cc2ccccc2)C(=O)OC(C)(C)C)N(C(=O)C[C@@H](OC)[C@H]([C@@H](C)CC)N(C)C(=O)[C@@H](NC(=O)[C@H](C(C)C)N(C)C(=O)OCC2c3ccccc3-c3ccccc32)C(C)C)C1. The molecule has 1 fully saturated rings. The average Bonchev–Trinajstić information content (AvgIpc) is 3.90.